The van der Waals surface area contributed by atoms with E-state index in [2.05, 4.69) is 21.3 Å². The van der Waals surface area contributed by atoms with Crippen molar-refractivity contribution in [2.24, 2.45) is 5.92 Å². The van der Waals surface area contributed by atoms with Gasteiger partial charge in [0.25, 0.3) is 0 Å². The Morgan fingerprint density at radius 2 is 2.13 bits per heavy atom. The number of aromatic nitrogens is 1. The summed E-state index contributed by atoms with van der Waals surface area (Å²) in [5.41, 5.74) is 0.867. The quantitative estimate of drug-likeness (QED) is 0.829. The summed E-state index contributed by atoms with van der Waals surface area (Å²) in [4.78, 5) is 7.99. The van der Waals surface area contributed by atoms with Gasteiger partial charge in [-0.3, -0.25) is 4.90 Å². The smallest absolute Gasteiger partial charge is 0.218 e. The third-order valence-corrected chi connectivity index (χ3v) is 8.58. The van der Waals surface area contributed by atoms with Gasteiger partial charge in [0, 0.05) is 42.4 Å². The van der Waals surface area contributed by atoms with Crippen molar-refractivity contribution in [3.05, 3.63) is 38.5 Å². The summed E-state index contributed by atoms with van der Waals surface area (Å²) >= 11 is 3.31. The highest BCUT2D eigenvalue weighted by atomic mass is 32.2. The second-order valence-corrected chi connectivity index (χ2v) is 10.5. The summed E-state index contributed by atoms with van der Waals surface area (Å²) in [6.45, 7) is 5.39. The number of hydrogen-bond donors (Lipinski definition) is 0. The normalized spacial score (nSPS) is 27.5. The minimum absolute atomic E-state index is 0.222. The molecule has 0 saturated carbocycles. The van der Waals surface area contributed by atoms with Gasteiger partial charge in [0.2, 0.25) is 10.0 Å². The second kappa shape index (κ2) is 5.93. The number of thiophene rings is 1. The van der Waals surface area contributed by atoms with Gasteiger partial charge in [-0.2, -0.15) is 4.31 Å². The molecule has 2 aromatic heterocycles. The van der Waals surface area contributed by atoms with Crippen molar-refractivity contribution in [1.82, 2.24) is 14.2 Å². The molecule has 0 amide bonds. The minimum atomic E-state index is -3.21. The van der Waals surface area contributed by atoms with Crippen LogP contribution in [0.5, 0.6) is 0 Å². The maximum Gasteiger partial charge on any atom is 0.218 e. The molecule has 0 spiro atoms. The van der Waals surface area contributed by atoms with Crippen LogP contribution in [-0.4, -0.2) is 47.5 Å². The first-order valence-corrected chi connectivity index (χ1v) is 10.9. The average molecular weight is 370 g/mol. The SMILES string of the molecule is Cc1nc(CN2C[C@H]3CN(Cc4cccs4)C[C@@H]3S2(=O)=O)cs1. The van der Waals surface area contributed by atoms with Gasteiger partial charge in [-0.25, -0.2) is 13.4 Å². The highest BCUT2D eigenvalue weighted by Crippen LogP contribution is 2.35. The predicted molar refractivity (Wildman–Crippen MR) is 93.1 cm³/mol. The van der Waals surface area contributed by atoms with Gasteiger partial charge in [0.05, 0.1) is 22.5 Å². The van der Waals surface area contributed by atoms with Gasteiger partial charge in [0.1, 0.15) is 0 Å². The van der Waals surface area contributed by atoms with Crippen LogP contribution in [0.4, 0.5) is 0 Å². The van der Waals surface area contributed by atoms with E-state index in [4.69, 9.17) is 0 Å². The number of rotatable bonds is 4. The zero-order valence-electron chi connectivity index (χ0n) is 12.9. The van der Waals surface area contributed by atoms with Crippen molar-refractivity contribution in [3.63, 3.8) is 0 Å². The van der Waals surface area contributed by atoms with E-state index in [0.29, 0.717) is 19.6 Å². The number of nitrogens with zero attached hydrogens (tertiary/aromatic N) is 3. The largest absolute Gasteiger partial charge is 0.297 e. The van der Waals surface area contributed by atoms with Crippen molar-refractivity contribution in [2.75, 3.05) is 19.6 Å². The van der Waals surface area contributed by atoms with Gasteiger partial charge in [-0.05, 0) is 18.4 Å². The van der Waals surface area contributed by atoms with Crippen LogP contribution in [0.1, 0.15) is 15.6 Å². The Balaban J connectivity index is 1.45. The lowest BCUT2D eigenvalue weighted by Gasteiger charge is -2.20. The first-order valence-electron chi connectivity index (χ1n) is 7.67. The molecular formula is C15H19N3O2S3. The highest BCUT2D eigenvalue weighted by molar-refractivity contribution is 7.90. The second-order valence-electron chi connectivity index (χ2n) is 6.27. The van der Waals surface area contributed by atoms with Crippen molar-refractivity contribution in [2.45, 2.75) is 25.3 Å². The van der Waals surface area contributed by atoms with Gasteiger partial charge in [-0.1, -0.05) is 6.07 Å². The Morgan fingerprint density at radius 1 is 1.26 bits per heavy atom. The molecule has 2 saturated heterocycles. The van der Waals surface area contributed by atoms with Crippen LogP contribution in [0.25, 0.3) is 0 Å². The number of thiazole rings is 1. The minimum Gasteiger partial charge on any atom is -0.297 e. The van der Waals surface area contributed by atoms with Gasteiger partial charge in [0.15, 0.2) is 0 Å². The van der Waals surface area contributed by atoms with E-state index in [9.17, 15) is 8.42 Å². The number of likely N-dealkylation sites (tertiary alicyclic amines) is 1. The van der Waals surface area contributed by atoms with Crippen LogP contribution >= 0.6 is 22.7 Å². The molecule has 0 bridgehead atoms. The molecule has 4 rings (SSSR count). The molecule has 8 heteroatoms. The van der Waals surface area contributed by atoms with Crippen molar-refractivity contribution < 1.29 is 8.42 Å². The average Bonchev–Trinajstić information content (AvgIpc) is 3.23. The van der Waals surface area contributed by atoms with E-state index < -0.39 is 10.0 Å². The molecule has 2 aliphatic rings. The number of fused-ring (bicyclic) bond motifs is 1. The summed E-state index contributed by atoms with van der Waals surface area (Å²) in [6, 6.07) is 4.16. The number of aryl methyl sites for hydroxylation is 1. The van der Waals surface area contributed by atoms with Crippen LogP contribution in [0.2, 0.25) is 0 Å². The molecule has 2 aliphatic heterocycles. The van der Waals surface area contributed by atoms with E-state index in [1.807, 2.05) is 18.4 Å². The molecule has 0 aromatic carbocycles. The Hall–Kier alpha value is -0.800. The summed E-state index contributed by atoms with van der Waals surface area (Å²) in [6.07, 6.45) is 0. The fraction of sp³-hybridized carbons (Fsp3) is 0.533. The molecule has 0 radical (unpaired) electrons. The molecule has 2 aromatic rings. The van der Waals surface area contributed by atoms with Crippen molar-refractivity contribution in [3.8, 4) is 0 Å². The van der Waals surface area contributed by atoms with Crippen LogP contribution in [-0.2, 0) is 23.1 Å². The number of sulfonamides is 1. The lowest BCUT2D eigenvalue weighted by Crippen LogP contribution is -2.34. The summed E-state index contributed by atoms with van der Waals surface area (Å²) in [5.74, 6) is 0.222. The molecular weight excluding hydrogens is 350 g/mol. The molecule has 4 heterocycles. The first-order chi connectivity index (χ1) is 11.0. The lowest BCUT2D eigenvalue weighted by atomic mass is 10.1. The van der Waals surface area contributed by atoms with Gasteiger partial charge in [-0.15, -0.1) is 22.7 Å². The molecule has 5 nitrogen and oxygen atoms in total. The highest BCUT2D eigenvalue weighted by Gasteiger charge is 2.50. The predicted octanol–water partition coefficient (Wildman–Crippen LogP) is 2.16. The Labute approximate surface area is 144 Å². The Morgan fingerprint density at radius 3 is 2.78 bits per heavy atom. The zero-order chi connectivity index (χ0) is 16.0. The first kappa shape index (κ1) is 15.7. The van der Waals surface area contributed by atoms with Crippen molar-refractivity contribution >= 4 is 32.7 Å². The Kier molecular flexibility index (Phi) is 4.05. The molecule has 0 aliphatic carbocycles. The van der Waals surface area contributed by atoms with Gasteiger partial charge >= 0.3 is 0 Å². The molecule has 2 fully saturated rings. The van der Waals surface area contributed by atoms with Crippen LogP contribution in [0, 0.1) is 12.8 Å². The monoisotopic (exact) mass is 369 g/mol. The zero-order valence-corrected chi connectivity index (χ0v) is 15.3. The molecule has 124 valence electrons. The fourth-order valence-corrected chi connectivity index (χ4v) is 7.07. The van der Waals surface area contributed by atoms with E-state index >= 15 is 0 Å². The molecule has 0 unspecified atom stereocenters. The Bertz CT molecular complexity index is 785. The molecule has 0 N–H and O–H groups in total. The molecule has 23 heavy (non-hydrogen) atoms. The summed E-state index contributed by atoms with van der Waals surface area (Å²) in [5, 5.41) is 4.77. The van der Waals surface area contributed by atoms with Gasteiger partial charge < -0.3 is 0 Å². The van der Waals surface area contributed by atoms with Crippen LogP contribution < -0.4 is 0 Å². The van der Waals surface area contributed by atoms with Crippen LogP contribution in [0.3, 0.4) is 0 Å². The summed E-state index contributed by atoms with van der Waals surface area (Å²) < 4.78 is 27.3. The fourth-order valence-electron chi connectivity index (χ4n) is 3.57. The van der Waals surface area contributed by atoms with Crippen molar-refractivity contribution in [1.29, 1.82) is 0 Å². The third kappa shape index (κ3) is 2.98. The lowest BCUT2D eigenvalue weighted by molar-refractivity contribution is 0.296. The topological polar surface area (TPSA) is 53.5 Å². The maximum atomic E-state index is 12.8. The standard InChI is InChI=1S/C15H19N3O2S3/c1-11-16-13(10-22-11)7-18-6-12-5-17(8-14-3-2-4-21-14)9-15(12)23(18,19)20/h2-4,10,12,15H,5-9H2,1H3/t12-,15+/m1/s1. The van der Waals surface area contributed by atoms with E-state index in [0.717, 1.165) is 23.8 Å². The maximum absolute atomic E-state index is 12.8. The number of hydrogen-bond acceptors (Lipinski definition) is 6. The molecule has 2 atom stereocenters. The van der Waals surface area contributed by atoms with Crippen LogP contribution in [0.15, 0.2) is 22.9 Å². The van der Waals surface area contributed by atoms with E-state index in [1.54, 1.807) is 27.0 Å². The van der Waals surface area contributed by atoms with E-state index in [1.165, 1.54) is 4.88 Å². The third-order valence-electron chi connectivity index (χ3n) is 4.60. The van der Waals surface area contributed by atoms with E-state index in [-0.39, 0.29) is 11.2 Å². The summed E-state index contributed by atoms with van der Waals surface area (Å²) in [7, 11) is -3.21.